The molecule has 0 atom stereocenters. The number of rotatable bonds is 5. The van der Waals surface area contributed by atoms with Gasteiger partial charge in [-0.3, -0.25) is 0 Å². The number of nitrogens with zero attached hydrogens (tertiary/aromatic N) is 3. The van der Waals surface area contributed by atoms with Gasteiger partial charge >= 0.3 is 0 Å². The van der Waals surface area contributed by atoms with Crippen molar-refractivity contribution in [1.29, 1.82) is 0 Å². The van der Waals surface area contributed by atoms with Crippen LogP contribution in [-0.4, -0.2) is 23.1 Å². The number of nitrogens with two attached hydrogens (primary N) is 1. The first kappa shape index (κ1) is 11.2. The smallest absolute Gasteiger partial charge is 0.134 e. The molecule has 0 radical (unpaired) electrons. The number of aromatic nitrogens is 2. The molecule has 0 amide bonds. The third kappa shape index (κ3) is 2.62. The fourth-order valence-corrected chi connectivity index (χ4v) is 1.82. The van der Waals surface area contributed by atoms with Crippen molar-refractivity contribution in [3.8, 4) is 0 Å². The Morgan fingerprint density at radius 2 is 2.12 bits per heavy atom. The van der Waals surface area contributed by atoms with Crippen LogP contribution in [0, 0.1) is 5.92 Å². The SMILES string of the molecule is CCc1nc(N)cc(N(CC)CC2CC2)n1. The summed E-state index contributed by atoms with van der Waals surface area (Å²) in [6.45, 7) is 6.30. The van der Waals surface area contributed by atoms with Crippen molar-refractivity contribution in [2.45, 2.75) is 33.1 Å². The van der Waals surface area contributed by atoms with Gasteiger partial charge in [0.25, 0.3) is 0 Å². The second kappa shape index (κ2) is 4.68. The second-order valence-corrected chi connectivity index (χ2v) is 4.40. The van der Waals surface area contributed by atoms with Gasteiger partial charge in [0.1, 0.15) is 17.5 Å². The molecule has 1 aliphatic carbocycles. The van der Waals surface area contributed by atoms with E-state index in [4.69, 9.17) is 5.73 Å². The highest BCUT2D eigenvalue weighted by Gasteiger charge is 2.24. The minimum absolute atomic E-state index is 0.580. The first-order chi connectivity index (χ1) is 7.72. The summed E-state index contributed by atoms with van der Waals surface area (Å²) >= 11 is 0. The highest BCUT2D eigenvalue weighted by molar-refractivity contribution is 5.47. The molecule has 4 heteroatoms. The van der Waals surface area contributed by atoms with Crippen molar-refractivity contribution < 1.29 is 0 Å². The topological polar surface area (TPSA) is 55.0 Å². The van der Waals surface area contributed by atoms with Crippen molar-refractivity contribution >= 4 is 11.6 Å². The molecule has 0 aliphatic heterocycles. The molecule has 2 rings (SSSR count). The maximum absolute atomic E-state index is 5.80. The summed E-state index contributed by atoms with van der Waals surface area (Å²) < 4.78 is 0. The summed E-state index contributed by atoms with van der Waals surface area (Å²) in [5.41, 5.74) is 5.80. The highest BCUT2D eigenvalue weighted by Crippen LogP contribution is 2.31. The molecule has 0 aromatic carbocycles. The van der Waals surface area contributed by atoms with Gasteiger partial charge in [-0.1, -0.05) is 6.92 Å². The molecular weight excluding hydrogens is 200 g/mol. The number of hydrogen-bond donors (Lipinski definition) is 1. The number of hydrogen-bond acceptors (Lipinski definition) is 4. The van der Waals surface area contributed by atoms with Crippen LogP contribution in [-0.2, 0) is 6.42 Å². The molecule has 0 saturated heterocycles. The predicted molar refractivity (Wildman–Crippen MR) is 66.4 cm³/mol. The Kier molecular flexibility index (Phi) is 3.27. The molecule has 16 heavy (non-hydrogen) atoms. The van der Waals surface area contributed by atoms with Gasteiger partial charge in [-0.15, -0.1) is 0 Å². The summed E-state index contributed by atoms with van der Waals surface area (Å²) in [4.78, 5) is 11.0. The van der Waals surface area contributed by atoms with Crippen molar-refractivity contribution in [1.82, 2.24) is 9.97 Å². The van der Waals surface area contributed by atoms with Crippen LogP contribution in [0.2, 0.25) is 0 Å². The Hall–Kier alpha value is -1.32. The average Bonchev–Trinajstić information content (AvgIpc) is 3.08. The van der Waals surface area contributed by atoms with Crippen LogP contribution >= 0.6 is 0 Å². The van der Waals surface area contributed by atoms with Crippen molar-refractivity contribution in [2.75, 3.05) is 23.7 Å². The van der Waals surface area contributed by atoms with E-state index >= 15 is 0 Å². The van der Waals surface area contributed by atoms with Crippen LogP contribution in [0.3, 0.4) is 0 Å². The van der Waals surface area contributed by atoms with Crippen molar-refractivity contribution in [3.63, 3.8) is 0 Å². The number of anilines is 2. The molecule has 4 nitrogen and oxygen atoms in total. The normalized spacial score (nSPS) is 15.1. The molecule has 2 N–H and O–H groups in total. The first-order valence-corrected chi connectivity index (χ1v) is 6.11. The van der Waals surface area contributed by atoms with Crippen LogP contribution in [0.4, 0.5) is 11.6 Å². The van der Waals surface area contributed by atoms with E-state index in [1.807, 2.05) is 6.07 Å². The van der Waals surface area contributed by atoms with Crippen LogP contribution in [0.25, 0.3) is 0 Å². The minimum atomic E-state index is 0.580. The van der Waals surface area contributed by atoms with Gasteiger partial charge in [-0.05, 0) is 25.7 Å². The van der Waals surface area contributed by atoms with Gasteiger partial charge < -0.3 is 10.6 Å². The predicted octanol–water partition coefficient (Wildman–Crippen LogP) is 1.86. The molecule has 1 aromatic rings. The lowest BCUT2D eigenvalue weighted by Crippen LogP contribution is -2.26. The zero-order valence-electron chi connectivity index (χ0n) is 10.1. The summed E-state index contributed by atoms with van der Waals surface area (Å²) in [7, 11) is 0. The van der Waals surface area contributed by atoms with E-state index in [0.29, 0.717) is 5.82 Å². The molecule has 1 aliphatic rings. The van der Waals surface area contributed by atoms with E-state index in [9.17, 15) is 0 Å². The van der Waals surface area contributed by atoms with E-state index in [-0.39, 0.29) is 0 Å². The summed E-state index contributed by atoms with van der Waals surface area (Å²) in [5, 5.41) is 0. The maximum atomic E-state index is 5.80. The zero-order chi connectivity index (χ0) is 11.5. The first-order valence-electron chi connectivity index (χ1n) is 6.11. The Bertz CT molecular complexity index is 360. The highest BCUT2D eigenvalue weighted by atomic mass is 15.2. The maximum Gasteiger partial charge on any atom is 0.134 e. The van der Waals surface area contributed by atoms with Gasteiger partial charge in [-0.25, -0.2) is 9.97 Å². The van der Waals surface area contributed by atoms with Crippen LogP contribution in [0.1, 0.15) is 32.5 Å². The Labute approximate surface area is 96.9 Å². The largest absolute Gasteiger partial charge is 0.384 e. The fraction of sp³-hybridized carbons (Fsp3) is 0.667. The third-order valence-electron chi connectivity index (χ3n) is 2.98. The number of aryl methyl sites for hydroxylation is 1. The van der Waals surface area contributed by atoms with Crippen LogP contribution < -0.4 is 10.6 Å². The Morgan fingerprint density at radius 3 is 2.69 bits per heavy atom. The molecule has 0 bridgehead atoms. The lowest BCUT2D eigenvalue weighted by molar-refractivity contribution is 0.726. The average molecular weight is 220 g/mol. The van der Waals surface area contributed by atoms with E-state index in [1.54, 1.807) is 0 Å². The minimum Gasteiger partial charge on any atom is -0.384 e. The lowest BCUT2D eigenvalue weighted by atomic mass is 10.3. The molecule has 88 valence electrons. The van der Waals surface area contributed by atoms with E-state index < -0.39 is 0 Å². The second-order valence-electron chi connectivity index (χ2n) is 4.40. The summed E-state index contributed by atoms with van der Waals surface area (Å²) in [6, 6.07) is 1.88. The standard InChI is InChI=1S/C12H20N4/c1-3-11-14-10(13)7-12(15-11)16(4-2)8-9-5-6-9/h7,9H,3-6,8H2,1-2H3,(H2,13,14,15). The van der Waals surface area contributed by atoms with Crippen LogP contribution in [0.5, 0.6) is 0 Å². The lowest BCUT2D eigenvalue weighted by Gasteiger charge is -2.22. The third-order valence-corrected chi connectivity index (χ3v) is 2.98. The summed E-state index contributed by atoms with van der Waals surface area (Å²) in [6.07, 6.45) is 3.55. The van der Waals surface area contributed by atoms with Gasteiger partial charge in [0.05, 0.1) is 0 Å². The summed E-state index contributed by atoms with van der Waals surface area (Å²) in [5.74, 6) is 3.26. The van der Waals surface area contributed by atoms with Crippen LogP contribution in [0.15, 0.2) is 6.07 Å². The molecule has 1 heterocycles. The van der Waals surface area contributed by atoms with Crippen molar-refractivity contribution in [2.24, 2.45) is 5.92 Å². The van der Waals surface area contributed by atoms with E-state index in [0.717, 1.165) is 37.1 Å². The van der Waals surface area contributed by atoms with Gasteiger partial charge in [0, 0.05) is 25.6 Å². The molecule has 1 saturated carbocycles. The van der Waals surface area contributed by atoms with Gasteiger partial charge in [0.15, 0.2) is 0 Å². The Morgan fingerprint density at radius 1 is 1.38 bits per heavy atom. The molecule has 1 aromatic heterocycles. The van der Waals surface area contributed by atoms with Gasteiger partial charge in [0.2, 0.25) is 0 Å². The van der Waals surface area contributed by atoms with E-state index in [2.05, 4.69) is 28.7 Å². The monoisotopic (exact) mass is 220 g/mol. The molecule has 0 spiro atoms. The molecule has 1 fully saturated rings. The van der Waals surface area contributed by atoms with E-state index in [1.165, 1.54) is 12.8 Å². The fourth-order valence-electron chi connectivity index (χ4n) is 1.82. The zero-order valence-corrected chi connectivity index (χ0v) is 10.1. The van der Waals surface area contributed by atoms with Gasteiger partial charge in [-0.2, -0.15) is 0 Å². The molecule has 0 unspecified atom stereocenters. The van der Waals surface area contributed by atoms with Crippen molar-refractivity contribution in [3.05, 3.63) is 11.9 Å². The molecular formula is C12H20N4. The number of nitrogen functional groups attached to an aromatic ring is 1. The Balaban J connectivity index is 2.17. The quantitative estimate of drug-likeness (QED) is 0.823.